The Morgan fingerprint density at radius 3 is 2.05 bits per heavy atom. The first kappa shape index (κ1) is 17.1. The van der Waals surface area contributed by atoms with Crippen LogP contribution in [0.4, 0.5) is 0 Å². The Bertz CT molecular complexity index is 269. The maximum absolute atomic E-state index is 2.53. The van der Waals surface area contributed by atoms with Gasteiger partial charge in [-0.2, -0.15) is 0 Å². The van der Waals surface area contributed by atoms with E-state index in [0.717, 1.165) is 35.5 Å². The molecule has 1 fully saturated rings. The van der Waals surface area contributed by atoms with Crippen molar-refractivity contribution in [1.29, 1.82) is 0 Å². The number of hydrogen-bond acceptors (Lipinski definition) is 0. The van der Waals surface area contributed by atoms with Crippen LogP contribution >= 0.6 is 0 Å². The Balaban J connectivity index is 2.48. The minimum Gasteiger partial charge on any atom is -0.0651 e. The zero-order valence-corrected chi connectivity index (χ0v) is 14.8. The van der Waals surface area contributed by atoms with Crippen LogP contribution in [0.3, 0.4) is 0 Å². The first-order valence-corrected chi connectivity index (χ1v) is 8.79. The Hall–Kier alpha value is 0. The molecule has 0 aromatic heterocycles. The number of hydrogen-bond donors (Lipinski definition) is 0. The molecule has 114 valence electrons. The summed E-state index contributed by atoms with van der Waals surface area (Å²) in [5, 5.41) is 0. The summed E-state index contributed by atoms with van der Waals surface area (Å²) in [5.74, 6) is 5.48. The van der Waals surface area contributed by atoms with E-state index in [0.29, 0.717) is 5.41 Å². The summed E-state index contributed by atoms with van der Waals surface area (Å²) < 4.78 is 0. The van der Waals surface area contributed by atoms with Crippen LogP contribution in [0.2, 0.25) is 0 Å². The van der Waals surface area contributed by atoms with Crippen LogP contribution in [0.15, 0.2) is 0 Å². The summed E-state index contributed by atoms with van der Waals surface area (Å²) in [7, 11) is 0. The third kappa shape index (κ3) is 3.19. The fourth-order valence-electron chi connectivity index (χ4n) is 4.58. The van der Waals surface area contributed by atoms with E-state index in [-0.39, 0.29) is 0 Å². The summed E-state index contributed by atoms with van der Waals surface area (Å²) in [6.45, 7) is 19.6. The average molecular weight is 267 g/mol. The maximum atomic E-state index is 2.53. The molecule has 7 atom stereocenters. The molecule has 0 aromatic carbocycles. The highest BCUT2D eigenvalue weighted by Crippen LogP contribution is 2.59. The van der Waals surface area contributed by atoms with Crippen molar-refractivity contribution < 1.29 is 0 Å². The van der Waals surface area contributed by atoms with E-state index in [9.17, 15) is 0 Å². The lowest BCUT2D eigenvalue weighted by Crippen LogP contribution is -2.52. The largest absolute Gasteiger partial charge is 0.0651 e. The molecule has 19 heavy (non-hydrogen) atoms. The van der Waals surface area contributed by atoms with Gasteiger partial charge in [0.2, 0.25) is 0 Å². The van der Waals surface area contributed by atoms with Crippen LogP contribution in [-0.4, -0.2) is 0 Å². The molecule has 0 nitrogen and oxygen atoms in total. The number of rotatable bonds is 7. The Labute approximate surface area is 122 Å². The van der Waals surface area contributed by atoms with Crippen molar-refractivity contribution in [3.8, 4) is 0 Å². The predicted molar refractivity (Wildman–Crippen MR) is 87.2 cm³/mol. The molecule has 0 spiro atoms. The lowest BCUT2D eigenvalue weighted by molar-refractivity contribution is -0.101. The molecule has 0 heterocycles. The van der Waals surface area contributed by atoms with E-state index in [2.05, 4.69) is 55.4 Å². The molecule has 1 aliphatic rings. The second-order valence-electron chi connectivity index (χ2n) is 7.91. The molecule has 1 rings (SSSR count). The summed E-state index contributed by atoms with van der Waals surface area (Å²) in [6.07, 6.45) is 5.58. The normalized spacial score (nSPS) is 39.5. The Morgan fingerprint density at radius 1 is 1.00 bits per heavy atom. The molecular weight excluding hydrogens is 228 g/mol. The molecule has 0 bridgehead atoms. The predicted octanol–water partition coefficient (Wildman–Crippen LogP) is 6.40. The smallest absolute Gasteiger partial charge is 0.0269 e. The van der Waals surface area contributed by atoms with Gasteiger partial charge >= 0.3 is 0 Å². The van der Waals surface area contributed by atoms with E-state index < -0.39 is 0 Å². The molecule has 0 radical (unpaired) electrons. The van der Waals surface area contributed by atoms with Crippen molar-refractivity contribution >= 4 is 0 Å². The Kier molecular flexibility index (Phi) is 5.96. The van der Waals surface area contributed by atoms with Crippen LogP contribution < -0.4 is 0 Å². The van der Waals surface area contributed by atoms with Gasteiger partial charge in [0.15, 0.2) is 0 Å². The molecule has 0 saturated heterocycles. The van der Waals surface area contributed by atoms with Crippen LogP contribution in [0.25, 0.3) is 0 Å². The van der Waals surface area contributed by atoms with Crippen LogP contribution in [0.1, 0.15) is 81.1 Å². The first-order chi connectivity index (χ1) is 8.79. The maximum Gasteiger partial charge on any atom is -0.0269 e. The lowest BCUT2D eigenvalue weighted by Gasteiger charge is -2.59. The van der Waals surface area contributed by atoms with E-state index >= 15 is 0 Å². The van der Waals surface area contributed by atoms with Crippen molar-refractivity contribution in [3.05, 3.63) is 0 Å². The van der Waals surface area contributed by atoms with Gasteiger partial charge in [-0.3, -0.25) is 0 Å². The monoisotopic (exact) mass is 266 g/mol. The highest BCUT2D eigenvalue weighted by atomic mass is 14.6. The van der Waals surface area contributed by atoms with Crippen LogP contribution in [0, 0.1) is 40.9 Å². The summed E-state index contributed by atoms with van der Waals surface area (Å²) >= 11 is 0. The van der Waals surface area contributed by atoms with Crippen LogP contribution in [-0.2, 0) is 0 Å². The zero-order chi connectivity index (χ0) is 14.8. The molecule has 1 aliphatic carbocycles. The van der Waals surface area contributed by atoms with E-state index in [1.807, 2.05) is 0 Å². The van der Waals surface area contributed by atoms with Crippen LogP contribution in [0.5, 0.6) is 0 Å². The molecule has 0 aromatic rings. The second-order valence-corrected chi connectivity index (χ2v) is 7.91. The quantitative estimate of drug-likeness (QED) is 0.500. The van der Waals surface area contributed by atoms with Crippen molar-refractivity contribution in [3.63, 3.8) is 0 Å². The van der Waals surface area contributed by atoms with Crippen molar-refractivity contribution in [2.45, 2.75) is 81.1 Å². The zero-order valence-electron chi connectivity index (χ0n) is 14.8. The lowest BCUT2D eigenvalue weighted by atomic mass is 9.46. The minimum absolute atomic E-state index is 0.624. The molecule has 0 heteroatoms. The fraction of sp³-hybridized carbons (Fsp3) is 1.00. The first-order valence-electron chi connectivity index (χ1n) is 8.79. The third-order valence-electron chi connectivity index (χ3n) is 7.44. The van der Waals surface area contributed by atoms with E-state index in [1.165, 1.54) is 25.7 Å². The summed E-state index contributed by atoms with van der Waals surface area (Å²) in [6, 6.07) is 0. The van der Waals surface area contributed by atoms with E-state index in [1.54, 1.807) is 0 Å². The van der Waals surface area contributed by atoms with Gasteiger partial charge in [-0.15, -0.1) is 0 Å². The van der Waals surface area contributed by atoms with Gasteiger partial charge < -0.3 is 0 Å². The van der Waals surface area contributed by atoms with Crippen molar-refractivity contribution in [2.24, 2.45) is 40.9 Å². The van der Waals surface area contributed by atoms with Crippen molar-refractivity contribution in [2.75, 3.05) is 0 Å². The van der Waals surface area contributed by atoms with Gasteiger partial charge in [0.1, 0.15) is 0 Å². The van der Waals surface area contributed by atoms with Gasteiger partial charge in [-0.05, 0) is 47.3 Å². The molecule has 0 aliphatic heterocycles. The van der Waals surface area contributed by atoms with Gasteiger partial charge in [0.25, 0.3) is 0 Å². The summed E-state index contributed by atoms with van der Waals surface area (Å²) in [4.78, 5) is 0. The standard InChI is InChI=1S/C19H38/c1-9-13(3)15(5)14(4)11-12-18-16(6)17(7)19(18,8)10-2/h13-18H,9-12H2,1-8H3. The third-order valence-corrected chi connectivity index (χ3v) is 7.44. The van der Waals surface area contributed by atoms with Gasteiger partial charge in [-0.25, -0.2) is 0 Å². The van der Waals surface area contributed by atoms with Crippen molar-refractivity contribution in [1.82, 2.24) is 0 Å². The van der Waals surface area contributed by atoms with E-state index in [4.69, 9.17) is 0 Å². The average Bonchev–Trinajstić information content (AvgIpc) is 2.43. The highest BCUT2D eigenvalue weighted by Gasteiger charge is 2.52. The highest BCUT2D eigenvalue weighted by molar-refractivity contribution is 5.01. The molecule has 0 N–H and O–H groups in total. The Morgan fingerprint density at radius 2 is 1.58 bits per heavy atom. The molecule has 7 unspecified atom stereocenters. The van der Waals surface area contributed by atoms with Gasteiger partial charge in [0.05, 0.1) is 0 Å². The van der Waals surface area contributed by atoms with Gasteiger partial charge in [-0.1, -0.05) is 74.7 Å². The minimum atomic E-state index is 0.624. The molecule has 0 amide bonds. The fourth-order valence-corrected chi connectivity index (χ4v) is 4.58. The second kappa shape index (κ2) is 6.64. The summed E-state index contributed by atoms with van der Waals surface area (Å²) in [5.41, 5.74) is 0.624. The van der Waals surface area contributed by atoms with Gasteiger partial charge in [0, 0.05) is 0 Å². The molecule has 1 saturated carbocycles. The SMILES string of the molecule is CCC(C)C(C)C(C)CCC1C(C)C(C)C1(C)CC. The molecular formula is C19H38. The topological polar surface area (TPSA) is 0 Å².